The van der Waals surface area contributed by atoms with Crippen molar-refractivity contribution in [2.75, 3.05) is 6.61 Å². The molecule has 0 aromatic rings. The highest BCUT2D eigenvalue weighted by atomic mass is 16.3. The number of hydrogen-bond donors (Lipinski definition) is 2. The van der Waals surface area contributed by atoms with Crippen molar-refractivity contribution in [2.24, 2.45) is 34.5 Å². The lowest BCUT2D eigenvalue weighted by atomic mass is 9.44. The van der Waals surface area contributed by atoms with Crippen LogP contribution in [0, 0.1) is 34.5 Å². The molecular weight excluding hydrogens is 296 g/mol. The maximum absolute atomic E-state index is 10.6. The highest BCUT2D eigenvalue weighted by Gasteiger charge is 2.61. The first-order valence-corrected chi connectivity index (χ1v) is 10.4. The van der Waals surface area contributed by atoms with Gasteiger partial charge in [0.15, 0.2) is 0 Å². The predicted octanol–water partition coefficient (Wildman–Crippen LogP) is 4.70. The molecule has 4 saturated carbocycles. The number of allylic oxidation sites excluding steroid dienone is 2. The van der Waals surface area contributed by atoms with Crippen LogP contribution < -0.4 is 0 Å². The predicted molar refractivity (Wildman–Crippen MR) is 97.5 cm³/mol. The molecule has 0 heterocycles. The van der Waals surface area contributed by atoms with Crippen molar-refractivity contribution < 1.29 is 10.2 Å². The van der Waals surface area contributed by atoms with E-state index in [9.17, 15) is 10.2 Å². The van der Waals surface area contributed by atoms with Crippen molar-refractivity contribution >= 4 is 0 Å². The molecule has 4 fully saturated rings. The SMILES string of the molecule is C/C=C1/CC[C@H]2[C@@H]3CC[C@@H]4C[C@](C)(O)CC[C@]4(CO)[C@H]3CC[C@]12C. The lowest BCUT2D eigenvalue weighted by molar-refractivity contribution is -0.164. The normalized spacial score (nSPS) is 55.8. The summed E-state index contributed by atoms with van der Waals surface area (Å²) in [5.74, 6) is 2.84. The Labute approximate surface area is 147 Å². The molecule has 4 aliphatic carbocycles. The van der Waals surface area contributed by atoms with Crippen molar-refractivity contribution in [3.05, 3.63) is 11.6 Å². The highest BCUT2D eigenvalue weighted by Crippen LogP contribution is 2.67. The van der Waals surface area contributed by atoms with Gasteiger partial charge in [-0.2, -0.15) is 0 Å². The van der Waals surface area contributed by atoms with Gasteiger partial charge in [0.25, 0.3) is 0 Å². The summed E-state index contributed by atoms with van der Waals surface area (Å²) in [7, 11) is 0. The van der Waals surface area contributed by atoms with Gasteiger partial charge in [-0.15, -0.1) is 0 Å². The van der Waals surface area contributed by atoms with Crippen LogP contribution in [-0.4, -0.2) is 22.4 Å². The summed E-state index contributed by atoms with van der Waals surface area (Å²) in [6.07, 6.45) is 13.0. The van der Waals surface area contributed by atoms with Gasteiger partial charge in [-0.05, 0) is 106 Å². The molecule has 2 N–H and O–H groups in total. The van der Waals surface area contributed by atoms with Crippen LogP contribution in [-0.2, 0) is 0 Å². The number of rotatable bonds is 1. The highest BCUT2D eigenvalue weighted by molar-refractivity contribution is 5.24. The van der Waals surface area contributed by atoms with Crippen LogP contribution in [0.3, 0.4) is 0 Å². The summed E-state index contributed by atoms with van der Waals surface area (Å²) in [5.41, 5.74) is 1.73. The van der Waals surface area contributed by atoms with Crippen molar-refractivity contribution in [3.8, 4) is 0 Å². The molecule has 0 unspecified atom stereocenters. The molecule has 0 amide bonds. The van der Waals surface area contributed by atoms with E-state index in [1.165, 1.54) is 38.5 Å². The van der Waals surface area contributed by atoms with Crippen LogP contribution in [0.5, 0.6) is 0 Å². The Morgan fingerprint density at radius 3 is 2.54 bits per heavy atom. The Morgan fingerprint density at radius 2 is 1.83 bits per heavy atom. The first-order chi connectivity index (χ1) is 11.4. The fourth-order valence-electron chi connectivity index (χ4n) is 7.86. The topological polar surface area (TPSA) is 40.5 Å². The van der Waals surface area contributed by atoms with Gasteiger partial charge in [0, 0.05) is 6.61 Å². The molecule has 4 aliphatic rings. The average molecular weight is 333 g/mol. The van der Waals surface area contributed by atoms with Crippen molar-refractivity contribution in [1.29, 1.82) is 0 Å². The zero-order chi connectivity index (χ0) is 17.2. The Balaban J connectivity index is 1.66. The van der Waals surface area contributed by atoms with Gasteiger partial charge in [0.05, 0.1) is 5.60 Å². The molecule has 0 aromatic carbocycles. The van der Waals surface area contributed by atoms with Crippen LogP contribution in [0.2, 0.25) is 0 Å². The minimum Gasteiger partial charge on any atom is -0.396 e. The molecule has 0 radical (unpaired) electrons. The van der Waals surface area contributed by atoms with Gasteiger partial charge in [-0.25, -0.2) is 0 Å². The number of hydrogen-bond acceptors (Lipinski definition) is 2. The minimum absolute atomic E-state index is 0.102. The second-order valence-corrected chi connectivity index (χ2v) is 10.1. The third kappa shape index (κ3) is 2.21. The lowest BCUT2D eigenvalue weighted by Crippen LogP contribution is -2.57. The third-order valence-electron chi connectivity index (χ3n) is 9.14. The molecule has 0 bridgehead atoms. The summed E-state index contributed by atoms with van der Waals surface area (Å²) in [4.78, 5) is 0. The number of fused-ring (bicyclic) bond motifs is 5. The molecule has 7 atom stereocenters. The maximum atomic E-state index is 10.6. The smallest absolute Gasteiger partial charge is 0.0622 e. The zero-order valence-corrected chi connectivity index (χ0v) is 15.9. The summed E-state index contributed by atoms with van der Waals surface area (Å²) in [6.45, 7) is 7.10. The number of aliphatic hydroxyl groups is 2. The van der Waals surface area contributed by atoms with E-state index in [0.717, 1.165) is 31.1 Å². The Kier molecular flexibility index (Phi) is 3.97. The van der Waals surface area contributed by atoms with E-state index in [-0.39, 0.29) is 5.41 Å². The summed E-state index contributed by atoms with van der Waals surface area (Å²) in [5, 5.41) is 21.1. The molecule has 4 rings (SSSR count). The molecule has 2 nitrogen and oxygen atoms in total. The van der Waals surface area contributed by atoms with Gasteiger partial charge in [-0.3, -0.25) is 0 Å². The molecule has 136 valence electrons. The van der Waals surface area contributed by atoms with Crippen LogP contribution in [0.15, 0.2) is 11.6 Å². The van der Waals surface area contributed by atoms with E-state index in [1.807, 2.05) is 6.92 Å². The van der Waals surface area contributed by atoms with E-state index in [2.05, 4.69) is 19.9 Å². The minimum atomic E-state index is -0.509. The number of aliphatic hydroxyl groups excluding tert-OH is 1. The Morgan fingerprint density at radius 1 is 1.04 bits per heavy atom. The molecule has 2 heteroatoms. The average Bonchev–Trinajstić information content (AvgIpc) is 2.90. The van der Waals surface area contributed by atoms with Crippen LogP contribution in [0.4, 0.5) is 0 Å². The van der Waals surface area contributed by atoms with Gasteiger partial charge in [0.1, 0.15) is 0 Å². The molecule has 24 heavy (non-hydrogen) atoms. The first kappa shape index (κ1) is 17.1. The standard InChI is InChI=1S/C22H36O2/c1-4-15-6-8-18-17-7-5-16-13-20(2,24)11-12-22(16,14-23)19(17)9-10-21(15,18)3/h4,16-19,23-24H,5-14H2,1-3H3/b15-4-/t16-,17+,18+,19+,20-,21-,22-/m1/s1. The van der Waals surface area contributed by atoms with Crippen LogP contribution in [0.25, 0.3) is 0 Å². The monoisotopic (exact) mass is 332 g/mol. The Bertz CT molecular complexity index is 536. The summed E-state index contributed by atoms with van der Waals surface area (Å²) >= 11 is 0. The lowest BCUT2D eigenvalue weighted by Gasteiger charge is -2.62. The van der Waals surface area contributed by atoms with E-state index in [4.69, 9.17) is 0 Å². The van der Waals surface area contributed by atoms with Crippen molar-refractivity contribution in [1.82, 2.24) is 0 Å². The van der Waals surface area contributed by atoms with E-state index < -0.39 is 5.60 Å². The van der Waals surface area contributed by atoms with Gasteiger partial charge < -0.3 is 10.2 Å². The van der Waals surface area contributed by atoms with Crippen LogP contribution >= 0.6 is 0 Å². The first-order valence-electron chi connectivity index (χ1n) is 10.4. The zero-order valence-electron chi connectivity index (χ0n) is 15.9. The van der Waals surface area contributed by atoms with Gasteiger partial charge >= 0.3 is 0 Å². The summed E-state index contributed by atoms with van der Waals surface area (Å²) in [6, 6.07) is 0. The van der Waals surface area contributed by atoms with Crippen molar-refractivity contribution in [2.45, 2.75) is 84.2 Å². The van der Waals surface area contributed by atoms with E-state index >= 15 is 0 Å². The maximum Gasteiger partial charge on any atom is 0.0622 e. The van der Waals surface area contributed by atoms with E-state index in [0.29, 0.717) is 23.9 Å². The molecule has 0 saturated heterocycles. The Hall–Kier alpha value is -0.340. The second-order valence-electron chi connectivity index (χ2n) is 10.1. The van der Waals surface area contributed by atoms with Crippen molar-refractivity contribution in [3.63, 3.8) is 0 Å². The molecule has 0 aromatic heterocycles. The quantitative estimate of drug-likeness (QED) is 0.683. The molecule has 0 aliphatic heterocycles. The molecular formula is C22H36O2. The van der Waals surface area contributed by atoms with Crippen LogP contribution in [0.1, 0.15) is 78.6 Å². The summed E-state index contributed by atoms with van der Waals surface area (Å²) < 4.78 is 0. The molecule has 0 spiro atoms. The largest absolute Gasteiger partial charge is 0.396 e. The van der Waals surface area contributed by atoms with Gasteiger partial charge in [-0.1, -0.05) is 18.6 Å². The fraction of sp³-hybridized carbons (Fsp3) is 0.909. The third-order valence-corrected chi connectivity index (χ3v) is 9.14. The van der Waals surface area contributed by atoms with Gasteiger partial charge in [0.2, 0.25) is 0 Å². The second kappa shape index (κ2) is 5.58. The van der Waals surface area contributed by atoms with E-state index in [1.54, 1.807) is 5.57 Å². The fourth-order valence-corrected chi connectivity index (χ4v) is 7.86.